The van der Waals surface area contributed by atoms with Crippen molar-refractivity contribution in [2.75, 3.05) is 12.4 Å². The molecule has 2 aromatic carbocycles. The van der Waals surface area contributed by atoms with Gasteiger partial charge in [-0.1, -0.05) is 35.9 Å². The Bertz CT molecular complexity index is 806. The zero-order valence-electron chi connectivity index (χ0n) is 13.9. The summed E-state index contributed by atoms with van der Waals surface area (Å²) in [5.41, 5.74) is 3.76. The van der Waals surface area contributed by atoms with Gasteiger partial charge in [0.15, 0.2) is 0 Å². The third kappa shape index (κ3) is 5.32. The number of methoxy groups -OCH3 is 1. The quantitative estimate of drug-likeness (QED) is 0.612. The molecule has 130 valence electrons. The Morgan fingerprint density at radius 1 is 1.12 bits per heavy atom. The zero-order valence-corrected chi connectivity index (χ0v) is 14.6. The van der Waals surface area contributed by atoms with E-state index in [0.29, 0.717) is 27.7 Å². The molecule has 2 rings (SSSR count). The van der Waals surface area contributed by atoms with E-state index < -0.39 is 5.91 Å². The lowest BCUT2D eigenvalue weighted by Gasteiger charge is -2.08. The maximum atomic E-state index is 12.1. The van der Waals surface area contributed by atoms with E-state index in [1.807, 2.05) is 0 Å². The van der Waals surface area contributed by atoms with E-state index in [4.69, 9.17) is 16.3 Å². The van der Waals surface area contributed by atoms with Crippen LogP contribution in [0.15, 0.2) is 53.6 Å². The second-order valence-electron chi connectivity index (χ2n) is 5.19. The van der Waals surface area contributed by atoms with E-state index >= 15 is 0 Å². The first-order valence-electron chi connectivity index (χ1n) is 7.52. The summed E-state index contributed by atoms with van der Waals surface area (Å²) in [5, 5.41) is 7.10. The predicted molar refractivity (Wildman–Crippen MR) is 98.3 cm³/mol. The van der Waals surface area contributed by atoms with Crippen molar-refractivity contribution < 1.29 is 14.3 Å². The van der Waals surface area contributed by atoms with Gasteiger partial charge in [-0.05, 0) is 31.2 Å². The molecule has 0 radical (unpaired) electrons. The maximum absolute atomic E-state index is 12.1. The molecule has 0 fully saturated rings. The van der Waals surface area contributed by atoms with Crippen molar-refractivity contribution in [1.82, 2.24) is 5.43 Å². The van der Waals surface area contributed by atoms with Crippen molar-refractivity contribution in [3.05, 3.63) is 59.1 Å². The lowest BCUT2D eigenvalue weighted by molar-refractivity contribution is -0.115. The first kappa shape index (κ1) is 18.5. The molecule has 6 nitrogen and oxygen atoms in total. The first-order chi connectivity index (χ1) is 12.0. The Morgan fingerprint density at radius 3 is 2.52 bits per heavy atom. The summed E-state index contributed by atoms with van der Waals surface area (Å²) in [7, 11) is 1.49. The second kappa shape index (κ2) is 8.84. The number of carbonyl (C=O) groups excluding carboxylic acids is 2. The Hall–Kier alpha value is -2.86. The van der Waals surface area contributed by atoms with Crippen LogP contribution >= 0.6 is 11.6 Å². The Labute approximate surface area is 150 Å². The number of carbonyl (C=O) groups is 2. The molecule has 0 aliphatic heterocycles. The van der Waals surface area contributed by atoms with Gasteiger partial charge in [-0.25, -0.2) is 5.43 Å². The summed E-state index contributed by atoms with van der Waals surface area (Å²) in [6, 6.07) is 13.7. The number of para-hydroxylation sites is 2. The van der Waals surface area contributed by atoms with Crippen molar-refractivity contribution in [3.8, 4) is 5.75 Å². The van der Waals surface area contributed by atoms with E-state index in [1.165, 1.54) is 7.11 Å². The van der Waals surface area contributed by atoms with Crippen LogP contribution in [0.25, 0.3) is 0 Å². The van der Waals surface area contributed by atoms with Crippen LogP contribution in [-0.4, -0.2) is 24.6 Å². The van der Waals surface area contributed by atoms with Crippen LogP contribution < -0.4 is 15.5 Å². The first-order valence-corrected chi connectivity index (χ1v) is 7.90. The molecule has 0 unspecified atom stereocenters. The largest absolute Gasteiger partial charge is 0.496 e. The van der Waals surface area contributed by atoms with Crippen LogP contribution in [0.4, 0.5) is 5.69 Å². The highest BCUT2D eigenvalue weighted by atomic mass is 35.5. The van der Waals surface area contributed by atoms with E-state index in [-0.39, 0.29) is 12.3 Å². The molecule has 25 heavy (non-hydrogen) atoms. The predicted octanol–water partition coefficient (Wildman–Crippen LogP) is 3.48. The number of hydrazone groups is 1. The molecular formula is C18H18ClN3O3. The standard InChI is InChI=1S/C18H18ClN3O3/c1-12(11-17(23)20-15-9-5-4-8-14(15)19)21-22-18(24)13-7-3-6-10-16(13)25-2/h3-10H,11H2,1-2H3,(H,20,23)(H,22,24)/b21-12+. The van der Waals surface area contributed by atoms with E-state index in [2.05, 4.69) is 15.8 Å². The summed E-state index contributed by atoms with van der Waals surface area (Å²) < 4.78 is 5.13. The lowest BCUT2D eigenvalue weighted by atomic mass is 10.2. The van der Waals surface area contributed by atoms with Crippen LogP contribution in [0, 0.1) is 0 Å². The monoisotopic (exact) mass is 359 g/mol. The number of nitrogens with zero attached hydrogens (tertiary/aromatic N) is 1. The molecule has 7 heteroatoms. The molecule has 0 aliphatic carbocycles. The second-order valence-corrected chi connectivity index (χ2v) is 5.60. The third-order valence-corrected chi connectivity index (χ3v) is 3.59. The molecule has 0 aliphatic rings. The number of rotatable bonds is 6. The van der Waals surface area contributed by atoms with Crippen molar-refractivity contribution in [1.29, 1.82) is 0 Å². The number of hydrogen-bond acceptors (Lipinski definition) is 4. The lowest BCUT2D eigenvalue weighted by Crippen LogP contribution is -2.22. The van der Waals surface area contributed by atoms with Gasteiger partial charge in [0.2, 0.25) is 5.91 Å². The Morgan fingerprint density at radius 2 is 1.80 bits per heavy atom. The summed E-state index contributed by atoms with van der Waals surface area (Å²) >= 11 is 5.99. The molecule has 0 saturated carbocycles. The fraction of sp³-hybridized carbons (Fsp3) is 0.167. The number of anilines is 1. The summed E-state index contributed by atoms with van der Waals surface area (Å²) in [4.78, 5) is 24.1. The number of nitrogens with one attached hydrogen (secondary N) is 2. The number of hydrogen-bond donors (Lipinski definition) is 2. The van der Waals surface area contributed by atoms with Gasteiger partial charge in [0.05, 0.1) is 29.8 Å². The van der Waals surface area contributed by atoms with Crippen LogP contribution in [0.1, 0.15) is 23.7 Å². The van der Waals surface area contributed by atoms with Crippen LogP contribution in [0.2, 0.25) is 5.02 Å². The molecule has 2 aromatic rings. The zero-order chi connectivity index (χ0) is 18.2. The highest BCUT2D eigenvalue weighted by Crippen LogP contribution is 2.20. The van der Waals surface area contributed by atoms with E-state index in [1.54, 1.807) is 55.5 Å². The number of amides is 2. The number of benzene rings is 2. The highest BCUT2D eigenvalue weighted by Gasteiger charge is 2.11. The van der Waals surface area contributed by atoms with Crippen molar-refractivity contribution in [2.24, 2.45) is 5.10 Å². The number of ether oxygens (including phenoxy) is 1. The fourth-order valence-electron chi connectivity index (χ4n) is 2.07. The summed E-state index contributed by atoms with van der Waals surface area (Å²) in [5.74, 6) is -0.242. The van der Waals surface area contributed by atoms with Gasteiger partial charge in [-0.3, -0.25) is 9.59 Å². The van der Waals surface area contributed by atoms with Gasteiger partial charge in [0, 0.05) is 5.71 Å². The van der Waals surface area contributed by atoms with E-state index in [0.717, 1.165) is 0 Å². The number of halogens is 1. The van der Waals surface area contributed by atoms with Crippen LogP contribution in [0.5, 0.6) is 5.75 Å². The minimum atomic E-state index is -0.414. The summed E-state index contributed by atoms with van der Waals surface area (Å²) in [6.45, 7) is 1.65. The minimum absolute atomic E-state index is 0.0252. The average molecular weight is 360 g/mol. The highest BCUT2D eigenvalue weighted by molar-refractivity contribution is 6.33. The topological polar surface area (TPSA) is 79.8 Å². The molecule has 0 spiro atoms. The fourth-order valence-corrected chi connectivity index (χ4v) is 2.25. The molecule has 0 saturated heterocycles. The average Bonchev–Trinajstić information content (AvgIpc) is 2.61. The maximum Gasteiger partial charge on any atom is 0.275 e. The molecule has 0 aromatic heterocycles. The minimum Gasteiger partial charge on any atom is -0.496 e. The van der Waals surface area contributed by atoms with Gasteiger partial charge in [-0.15, -0.1) is 0 Å². The van der Waals surface area contributed by atoms with Crippen LogP contribution in [-0.2, 0) is 4.79 Å². The van der Waals surface area contributed by atoms with Gasteiger partial charge in [0.25, 0.3) is 5.91 Å². The molecule has 2 N–H and O–H groups in total. The molecular weight excluding hydrogens is 342 g/mol. The molecule has 0 bridgehead atoms. The van der Waals surface area contributed by atoms with Crippen molar-refractivity contribution in [2.45, 2.75) is 13.3 Å². The Balaban J connectivity index is 1.94. The van der Waals surface area contributed by atoms with Gasteiger partial charge < -0.3 is 10.1 Å². The third-order valence-electron chi connectivity index (χ3n) is 3.26. The SMILES string of the molecule is COc1ccccc1C(=O)N/N=C(\C)CC(=O)Nc1ccccc1Cl. The van der Waals surface area contributed by atoms with Gasteiger partial charge in [-0.2, -0.15) is 5.10 Å². The molecule has 0 heterocycles. The Kier molecular flexibility index (Phi) is 6.54. The van der Waals surface area contributed by atoms with Gasteiger partial charge >= 0.3 is 0 Å². The molecule has 0 atom stereocenters. The van der Waals surface area contributed by atoms with Crippen molar-refractivity contribution >= 4 is 34.8 Å². The van der Waals surface area contributed by atoms with Crippen LogP contribution in [0.3, 0.4) is 0 Å². The normalized spacial score (nSPS) is 10.9. The summed E-state index contributed by atoms with van der Waals surface area (Å²) in [6.07, 6.45) is 0.0252. The molecule has 2 amide bonds. The van der Waals surface area contributed by atoms with Gasteiger partial charge in [0.1, 0.15) is 5.75 Å². The van der Waals surface area contributed by atoms with Crippen molar-refractivity contribution in [3.63, 3.8) is 0 Å². The smallest absolute Gasteiger partial charge is 0.275 e. The van der Waals surface area contributed by atoms with E-state index in [9.17, 15) is 9.59 Å².